The Balaban J connectivity index is 2.52. The molecule has 0 heterocycles. The second-order valence-corrected chi connectivity index (χ2v) is 3.98. The van der Waals surface area contributed by atoms with Gasteiger partial charge in [-0.15, -0.1) is 0 Å². The van der Waals surface area contributed by atoms with Crippen LogP contribution in [0.2, 0.25) is 0 Å². The SMILES string of the molecule is COc1cc2c(cc1Br)C=CCC2. The highest BCUT2D eigenvalue weighted by Gasteiger charge is 2.08. The van der Waals surface area contributed by atoms with Crippen molar-refractivity contribution >= 4 is 22.0 Å². The molecule has 1 aliphatic rings. The molecule has 1 nitrogen and oxygen atoms in total. The van der Waals surface area contributed by atoms with Gasteiger partial charge in [0, 0.05) is 0 Å². The number of allylic oxidation sites excluding steroid dienone is 1. The van der Waals surface area contributed by atoms with Crippen molar-refractivity contribution < 1.29 is 4.74 Å². The van der Waals surface area contributed by atoms with Gasteiger partial charge in [-0.1, -0.05) is 12.2 Å². The third-order valence-corrected chi connectivity index (χ3v) is 2.91. The van der Waals surface area contributed by atoms with Gasteiger partial charge in [0.15, 0.2) is 0 Å². The summed E-state index contributed by atoms with van der Waals surface area (Å²) < 4.78 is 6.27. The monoisotopic (exact) mass is 238 g/mol. The van der Waals surface area contributed by atoms with Crippen LogP contribution in [0.25, 0.3) is 6.08 Å². The van der Waals surface area contributed by atoms with Gasteiger partial charge in [0.25, 0.3) is 0 Å². The topological polar surface area (TPSA) is 9.23 Å². The zero-order valence-electron chi connectivity index (χ0n) is 7.51. The maximum absolute atomic E-state index is 5.24. The number of fused-ring (bicyclic) bond motifs is 1. The van der Waals surface area contributed by atoms with Crippen molar-refractivity contribution in [1.82, 2.24) is 0 Å². The first-order valence-corrected chi connectivity index (χ1v) is 5.13. The quantitative estimate of drug-likeness (QED) is 0.729. The molecule has 1 aromatic carbocycles. The molecule has 0 saturated heterocycles. The van der Waals surface area contributed by atoms with E-state index in [0.717, 1.165) is 23.1 Å². The molecule has 1 aliphatic carbocycles. The number of hydrogen-bond donors (Lipinski definition) is 0. The summed E-state index contributed by atoms with van der Waals surface area (Å²) in [5, 5.41) is 0. The first-order valence-electron chi connectivity index (χ1n) is 4.34. The van der Waals surface area contributed by atoms with Crippen LogP contribution >= 0.6 is 15.9 Å². The van der Waals surface area contributed by atoms with E-state index in [2.05, 4.69) is 40.2 Å². The number of hydrogen-bond acceptors (Lipinski definition) is 1. The molecule has 0 aliphatic heterocycles. The average molecular weight is 239 g/mol. The second-order valence-electron chi connectivity index (χ2n) is 3.13. The smallest absolute Gasteiger partial charge is 0.133 e. The molecular weight excluding hydrogens is 228 g/mol. The number of ether oxygens (including phenoxy) is 1. The minimum absolute atomic E-state index is 0.925. The molecule has 0 radical (unpaired) electrons. The van der Waals surface area contributed by atoms with Crippen LogP contribution in [0.1, 0.15) is 17.5 Å². The van der Waals surface area contributed by atoms with Gasteiger partial charge in [-0.3, -0.25) is 0 Å². The molecule has 0 fully saturated rings. The van der Waals surface area contributed by atoms with E-state index in [1.807, 2.05) is 0 Å². The van der Waals surface area contributed by atoms with Gasteiger partial charge in [-0.05, 0) is 52.0 Å². The molecule has 1 aromatic rings. The van der Waals surface area contributed by atoms with Gasteiger partial charge in [0.2, 0.25) is 0 Å². The van der Waals surface area contributed by atoms with E-state index in [1.165, 1.54) is 11.1 Å². The first kappa shape index (κ1) is 8.82. The lowest BCUT2D eigenvalue weighted by Gasteiger charge is -2.13. The fourth-order valence-corrected chi connectivity index (χ4v) is 2.11. The van der Waals surface area contributed by atoms with E-state index in [4.69, 9.17) is 4.74 Å². The van der Waals surface area contributed by atoms with Gasteiger partial charge in [0.1, 0.15) is 5.75 Å². The van der Waals surface area contributed by atoms with Crippen molar-refractivity contribution in [3.05, 3.63) is 33.8 Å². The van der Waals surface area contributed by atoms with Crippen LogP contribution in [-0.4, -0.2) is 7.11 Å². The summed E-state index contributed by atoms with van der Waals surface area (Å²) in [6, 6.07) is 4.23. The van der Waals surface area contributed by atoms with Gasteiger partial charge >= 0.3 is 0 Å². The number of methoxy groups -OCH3 is 1. The molecule has 0 amide bonds. The van der Waals surface area contributed by atoms with Crippen molar-refractivity contribution in [3.8, 4) is 5.75 Å². The highest BCUT2D eigenvalue weighted by Crippen LogP contribution is 2.31. The van der Waals surface area contributed by atoms with Crippen molar-refractivity contribution in [2.75, 3.05) is 7.11 Å². The Morgan fingerprint density at radius 1 is 1.38 bits per heavy atom. The van der Waals surface area contributed by atoms with E-state index in [1.54, 1.807) is 7.11 Å². The van der Waals surface area contributed by atoms with Crippen LogP contribution < -0.4 is 4.74 Å². The molecule has 2 rings (SSSR count). The summed E-state index contributed by atoms with van der Waals surface area (Å²) in [5.74, 6) is 0.925. The van der Waals surface area contributed by atoms with Gasteiger partial charge < -0.3 is 4.74 Å². The summed E-state index contributed by atoms with van der Waals surface area (Å²) in [4.78, 5) is 0. The molecule has 13 heavy (non-hydrogen) atoms. The zero-order valence-corrected chi connectivity index (χ0v) is 9.10. The van der Waals surface area contributed by atoms with Crippen molar-refractivity contribution in [3.63, 3.8) is 0 Å². The molecule has 2 heteroatoms. The predicted octanol–water partition coefficient (Wildman–Crippen LogP) is 3.42. The Morgan fingerprint density at radius 2 is 2.23 bits per heavy atom. The third-order valence-electron chi connectivity index (χ3n) is 2.29. The first-order chi connectivity index (χ1) is 6.31. The minimum Gasteiger partial charge on any atom is -0.496 e. The standard InChI is InChI=1S/C11H11BrO/c1-13-11-7-9-5-3-2-4-8(9)6-10(11)12/h2,4,6-7H,3,5H2,1H3. The van der Waals surface area contributed by atoms with E-state index in [0.29, 0.717) is 0 Å². The molecule has 68 valence electrons. The number of aryl methyl sites for hydroxylation is 1. The van der Waals surface area contributed by atoms with E-state index in [-0.39, 0.29) is 0 Å². The summed E-state index contributed by atoms with van der Waals surface area (Å²) in [5.41, 5.74) is 2.68. The molecule has 0 saturated carbocycles. The maximum atomic E-state index is 5.24. The zero-order chi connectivity index (χ0) is 9.26. The molecule has 0 atom stereocenters. The van der Waals surface area contributed by atoms with Crippen LogP contribution in [0.15, 0.2) is 22.7 Å². The summed E-state index contributed by atoms with van der Waals surface area (Å²) in [6.07, 6.45) is 6.64. The second kappa shape index (κ2) is 3.54. The van der Waals surface area contributed by atoms with Crippen molar-refractivity contribution in [2.24, 2.45) is 0 Å². The minimum atomic E-state index is 0.925. The molecule has 0 N–H and O–H groups in total. The highest BCUT2D eigenvalue weighted by molar-refractivity contribution is 9.10. The summed E-state index contributed by atoms with van der Waals surface area (Å²) in [6.45, 7) is 0. The van der Waals surface area contributed by atoms with Gasteiger partial charge in [0.05, 0.1) is 11.6 Å². The van der Waals surface area contributed by atoms with Crippen LogP contribution in [0.4, 0.5) is 0 Å². The lowest BCUT2D eigenvalue weighted by molar-refractivity contribution is 0.411. The van der Waals surface area contributed by atoms with Crippen molar-refractivity contribution in [1.29, 1.82) is 0 Å². The average Bonchev–Trinajstić information content (AvgIpc) is 2.17. The van der Waals surface area contributed by atoms with Crippen LogP contribution in [0.3, 0.4) is 0 Å². The lowest BCUT2D eigenvalue weighted by atomic mass is 9.97. The summed E-state index contributed by atoms with van der Waals surface area (Å²) >= 11 is 3.48. The molecule has 0 aromatic heterocycles. The molecular formula is C11H11BrO. The van der Waals surface area contributed by atoms with Crippen LogP contribution in [0, 0.1) is 0 Å². The van der Waals surface area contributed by atoms with E-state index < -0.39 is 0 Å². The van der Waals surface area contributed by atoms with Gasteiger partial charge in [-0.2, -0.15) is 0 Å². The van der Waals surface area contributed by atoms with Gasteiger partial charge in [-0.25, -0.2) is 0 Å². The number of benzene rings is 1. The third kappa shape index (κ3) is 1.63. The van der Waals surface area contributed by atoms with E-state index in [9.17, 15) is 0 Å². The van der Waals surface area contributed by atoms with Crippen LogP contribution in [-0.2, 0) is 6.42 Å². The lowest BCUT2D eigenvalue weighted by Crippen LogP contribution is -1.95. The fourth-order valence-electron chi connectivity index (χ4n) is 1.59. The molecule has 0 unspecified atom stereocenters. The Kier molecular flexibility index (Phi) is 2.40. The summed E-state index contributed by atoms with van der Waals surface area (Å²) in [7, 11) is 1.70. The van der Waals surface area contributed by atoms with Crippen LogP contribution in [0.5, 0.6) is 5.75 Å². The molecule has 0 spiro atoms. The number of halogens is 1. The Bertz CT molecular complexity index is 355. The normalized spacial score (nSPS) is 14.0. The molecule has 0 bridgehead atoms. The van der Waals surface area contributed by atoms with E-state index >= 15 is 0 Å². The maximum Gasteiger partial charge on any atom is 0.133 e. The Labute approximate surface area is 86.5 Å². The predicted molar refractivity (Wildman–Crippen MR) is 58.0 cm³/mol. The van der Waals surface area contributed by atoms with Crippen molar-refractivity contribution in [2.45, 2.75) is 12.8 Å². The Hall–Kier alpha value is -0.760. The Morgan fingerprint density at radius 3 is 3.00 bits per heavy atom. The largest absolute Gasteiger partial charge is 0.496 e. The highest BCUT2D eigenvalue weighted by atomic mass is 79.9. The fraction of sp³-hybridized carbons (Fsp3) is 0.273. The number of rotatable bonds is 1.